The first kappa shape index (κ1) is 20.0. The third-order valence-corrected chi connectivity index (χ3v) is 3.72. The molecule has 0 aromatic heterocycles. The summed E-state index contributed by atoms with van der Waals surface area (Å²) in [7, 11) is 0. The molecule has 0 radical (unpaired) electrons. The monoisotopic (exact) mass is 375 g/mol. The van der Waals surface area contributed by atoms with Gasteiger partial charge in [-0.1, -0.05) is 0 Å². The summed E-state index contributed by atoms with van der Waals surface area (Å²) < 4.78 is 5.49. The molecule has 22 heavy (non-hydrogen) atoms. The Kier molecular flexibility index (Phi) is 8.42. The van der Waals surface area contributed by atoms with Gasteiger partial charge >= 0.3 is 64.2 Å². The number of rotatable bonds is 6. The quantitative estimate of drug-likeness (QED) is 0.597. The van der Waals surface area contributed by atoms with Gasteiger partial charge in [0.2, 0.25) is 0 Å². The molecule has 5 nitrogen and oxygen atoms in total. The summed E-state index contributed by atoms with van der Waals surface area (Å²) in [5.74, 6) is -1.16. The number of nitrogens with one attached hydrogen (secondary N) is 1. The number of hydrogen-bond donors (Lipinski definition) is 2. The molecule has 1 aliphatic rings. The zero-order valence-electron chi connectivity index (χ0n) is 13.1. The van der Waals surface area contributed by atoms with Crippen LogP contribution in [0.3, 0.4) is 0 Å². The molecule has 0 saturated carbocycles. The van der Waals surface area contributed by atoms with Crippen LogP contribution >= 0.6 is 0 Å². The normalized spacial score (nSPS) is 21.7. The predicted octanol–water partition coefficient (Wildman–Crippen LogP) is -1.44. The van der Waals surface area contributed by atoms with Gasteiger partial charge in [0.05, 0.1) is 6.42 Å². The van der Waals surface area contributed by atoms with Crippen molar-refractivity contribution in [2.24, 2.45) is 0 Å². The zero-order chi connectivity index (χ0) is 15.3. The van der Waals surface area contributed by atoms with Crippen molar-refractivity contribution in [3.8, 4) is 0 Å². The number of benzene rings is 1. The molecule has 2 N–H and O–H groups in total. The van der Waals surface area contributed by atoms with Gasteiger partial charge in [0, 0.05) is 12.6 Å². The molecule has 1 saturated heterocycles. The van der Waals surface area contributed by atoms with Crippen LogP contribution in [0.25, 0.3) is 0 Å². The maximum absolute atomic E-state index is 12.3. The number of carboxylic acid groups (broad SMARTS) is 1. The average Bonchev–Trinajstić information content (AvgIpc) is 2.87. The first-order valence-electron chi connectivity index (χ1n) is 7.11. The van der Waals surface area contributed by atoms with Gasteiger partial charge in [0.25, 0.3) is 5.91 Å². The minimum absolute atomic E-state index is 0. The molecule has 0 aliphatic carbocycles. The molecule has 0 bridgehead atoms. The van der Waals surface area contributed by atoms with E-state index in [1.165, 1.54) is 0 Å². The Balaban J connectivity index is 0.00000242. The summed E-state index contributed by atoms with van der Waals surface area (Å²) in [6, 6.07) is 9.76. The SMILES string of the molecule is CC1(C(=O)NC(CC(=O)O)Cc2cc[c-]cc2)CCCO1.[Rb+]. The summed E-state index contributed by atoms with van der Waals surface area (Å²) in [6.45, 7) is 2.33. The van der Waals surface area contributed by atoms with E-state index in [4.69, 9.17) is 9.84 Å². The first-order chi connectivity index (χ1) is 9.99. The standard InChI is InChI=1S/C16H20NO4.Rb/c1-16(8-5-9-21-16)15(20)17-13(11-14(18)19)10-12-6-3-2-4-7-12;/h3-4,6-7,13H,5,8-11H2,1H3,(H,17,20)(H,18,19);/q-1;+1. The van der Waals surface area contributed by atoms with Crippen molar-refractivity contribution in [3.63, 3.8) is 0 Å². The molecule has 2 rings (SSSR count). The maximum Gasteiger partial charge on any atom is 1.00 e. The molecule has 2 atom stereocenters. The first-order valence-corrected chi connectivity index (χ1v) is 7.11. The number of aliphatic carboxylic acids is 1. The van der Waals surface area contributed by atoms with Crippen LogP contribution in [-0.2, 0) is 20.7 Å². The summed E-state index contributed by atoms with van der Waals surface area (Å²) >= 11 is 0. The van der Waals surface area contributed by atoms with E-state index in [0.717, 1.165) is 12.0 Å². The van der Waals surface area contributed by atoms with Crippen LogP contribution in [0.4, 0.5) is 0 Å². The fourth-order valence-corrected chi connectivity index (χ4v) is 2.52. The van der Waals surface area contributed by atoms with Crippen molar-refractivity contribution in [1.29, 1.82) is 0 Å². The zero-order valence-corrected chi connectivity index (χ0v) is 18.0. The van der Waals surface area contributed by atoms with E-state index < -0.39 is 17.6 Å². The van der Waals surface area contributed by atoms with E-state index in [0.29, 0.717) is 19.4 Å². The van der Waals surface area contributed by atoms with Crippen LogP contribution in [0, 0.1) is 6.07 Å². The van der Waals surface area contributed by atoms with E-state index in [-0.39, 0.29) is 70.5 Å². The van der Waals surface area contributed by atoms with Crippen molar-refractivity contribution < 1.29 is 77.6 Å². The van der Waals surface area contributed by atoms with E-state index >= 15 is 0 Å². The minimum Gasteiger partial charge on any atom is -0.481 e. The molecular weight excluding hydrogens is 356 g/mol. The van der Waals surface area contributed by atoms with Gasteiger partial charge in [-0.2, -0.15) is 35.9 Å². The molecule has 1 heterocycles. The third-order valence-electron chi connectivity index (χ3n) is 3.72. The second kappa shape index (κ2) is 9.28. The van der Waals surface area contributed by atoms with Gasteiger partial charge in [0.1, 0.15) is 5.60 Å². The topological polar surface area (TPSA) is 75.6 Å². The molecule has 1 fully saturated rings. The fraction of sp³-hybridized carbons (Fsp3) is 0.500. The molecule has 1 amide bonds. The molecule has 114 valence electrons. The van der Waals surface area contributed by atoms with Gasteiger partial charge in [0.15, 0.2) is 0 Å². The van der Waals surface area contributed by atoms with Gasteiger partial charge in [-0.05, 0) is 26.2 Å². The van der Waals surface area contributed by atoms with Crippen molar-refractivity contribution in [1.82, 2.24) is 5.32 Å². The Labute approximate surface area is 179 Å². The Morgan fingerprint density at radius 2 is 2.14 bits per heavy atom. The third kappa shape index (κ3) is 5.85. The number of carbonyl (C=O) groups is 2. The number of ether oxygens (including phenoxy) is 1. The van der Waals surface area contributed by atoms with Crippen molar-refractivity contribution in [2.75, 3.05) is 6.61 Å². The smallest absolute Gasteiger partial charge is 0.481 e. The van der Waals surface area contributed by atoms with Crippen LogP contribution in [0.5, 0.6) is 0 Å². The van der Waals surface area contributed by atoms with Gasteiger partial charge in [-0.25, -0.2) is 0 Å². The van der Waals surface area contributed by atoms with Crippen LogP contribution in [-0.4, -0.2) is 35.2 Å². The van der Waals surface area contributed by atoms with Crippen LogP contribution in [0.2, 0.25) is 0 Å². The van der Waals surface area contributed by atoms with E-state index in [9.17, 15) is 9.59 Å². The van der Waals surface area contributed by atoms with E-state index in [1.807, 2.05) is 12.1 Å². The van der Waals surface area contributed by atoms with Gasteiger partial charge in [-0.15, -0.1) is 0 Å². The predicted molar refractivity (Wildman–Crippen MR) is 76.8 cm³/mol. The minimum atomic E-state index is -0.930. The van der Waals surface area contributed by atoms with Gasteiger partial charge < -0.3 is 15.2 Å². The molecular formula is C16H20NO4Rb. The van der Waals surface area contributed by atoms with Crippen molar-refractivity contribution in [3.05, 3.63) is 35.9 Å². The van der Waals surface area contributed by atoms with Crippen molar-refractivity contribution in [2.45, 2.75) is 44.2 Å². The Morgan fingerprint density at radius 1 is 1.45 bits per heavy atom. The molecule has 6 heteroatoms. The second-order valence-electron chi connectivity index (χ2n) is 5.56. The maximum atomic E-state index is 12.3. The Bertz CT molecular complexity index is 500. The Morgan fingerprint density at radius 3 is 2.68 bits per heavy atom. The second-order valence-corrected chi connectivity index (χ2v) is 5.56. The number of amides is 1. The molecule has 1 aromatic carbocycles. The summed E-state index contributed by atoms with van der Waals surface area (Å²) in [5.41, 5.74) is 0.138. The summed E-state index contributed by atoms with van der Waals surface area (Å²) in [6.07, 6.45) is 1.88. The number of hydrogen-bond acceptors (Lipinski definition) is 3. The summed E-state index contributed by atoms with van der Waals surface area (Å²) in [4.78, 5) is 23.3. The van der Waals surface area contributed by atoms with Crippen LogP contribution < -0.4 is 63.5 Å². The van der Waals surface area contributed by atoms with E-state index in [1.54, 1.807) is 19.1 Å². The molecule has 2 unspecified atom stereocenters. The summed E-state index contributed by atoms with van der Waals surface area (Å²) in [5, 5.41) is 11.8. The van der Waals surface area contributed by atoms with Gasteiger partial charge in [-0.3, -0.25) is 9.59 Å². The molecule has 1 aromatic rings. The number of carboxylic acids is 1. The van der Waals surface area contributed by atoms with Crippen molar-refractivity contribution >= 4 is 11.9 Å². The fourth-order valence-electron chi connectivity index (χ4n) is 2.52. The van der Waals surface area contributed by atoms with Crippen LogP contribution in [0.1, 0.15) is 31.7 Å². The van der Waals surface area contributed by atoms with E-state index in [2.05, 4.69) is 11.4 Å². The van der Waals surface area contributed by atoms with Crippen LogP contribution in [0.15, 0.2) is 24.3 Å². The number of carbonyl (C=O) groups excluding carboxylic acids is 1. The largest absolute Gasteiger partial charge is 1.00 e. The average molecular weight is 376 g/mol. The Hall–Kier alpha value is -0.0748. The molecule has 0 spiro atoms. The molecule has 1 aliphatic heterocycles.